The predicted octanol–water partition coefficient (Wildman–Crippen LogP) is 2.47. The summed E-state index contributed by atoms with van der Waals surface area (Å²) in [7, 11) is -3.42. The highest BCUT2D eigenvalue weighted by Crippen LogP contribution is 2.22. The van der Waals surface area contributed by atoms with Crippen LogP contribution in [-0.4, -0.2) is 25.6 Å². The highest BCUT2D eigenvalue weighted by molar-refractivity contribution is 7.92. The van der Waals surface area contributed by atoms with Crippen molar-refractivity contribution in [3.63, 3.8) is 0 Å². The third kappa shape index (κ3) is 4.97. The van der Waals surface area contributed by atoms with Crippen molar-refractivity contribution in [2.45, 2.75) is 6.92 Å². The molecule has 0 bridgehead atoms. The van der Waals surface area contributed by atoms with Gasteiger partial charge in [-0.3, -0.25) is 9.52 Å². The Hall–Kier alpha value is -2.19. The van der Waals surface area contributed by atoms with Gasteiger partial charge in [-0.05, 0) is 25.1 Å². The average molecular weight is 337 g/mol. The molecule has 0 unspecified atom stereocenters. The summed E-state index contributed by atoms with van der Waals surface area (Å²) in [5, 5.41) is 5.40. The van der Waals surface area contributed by atoms with Crippen molar-refractivity contribution in [2.24, 2.45) is 0 Å². The van der Waals surface area contributed by atoms with Crippen LogP contribution in [0.5, 0.6) is 0 Å². The van der Waals surface area contributed by atoms with Crippen LogP contribution in [0, 0.1) is 6.92 Å². The third-order valence-corrected chi connectivity index (χ3v) is 3.90. The second kappa shape index (κ2) is 6.71. The lowest BCUT2D eigenvalue weighted by molar-refractivity contribution is -0.111. The van der Waals surface area contributed by atoms with E-state index in [-0.39, 0.29) is 5.91 Å². The number of thiazole rings is 1. The number of nitrogens with zero attached hydrogens (tertiary/aromatic N) is 1. The van der Waals surface area contributed by atoms with Gasteiger partial charge in [0.25, 0.3) is 0 Å². The van der Waals surface area contributed by atoms with Crippen molar-refractivity contribution in [3.8, 4) is 0 Å². The molecule has 2 rings (SSSR count). The minimum Gasteiger partial charge on any atom is -0.321 e. The third-order valence-electron chi connectivity index (χ3n) is 2.52. The maximum absolute atomic E-state index is 11.9. The molecule has 1 aromatic carbocycles. The lowest BCUT2D eigenvalue weighted by Gasteiger charge is -2.10. The zero-order valence-corrected chi connectivity index (χ0v) is 13.7. The highest BCUT2D eigenvalue weighted by atomic mass is 32.2. The predicted molar refractivity (Wildman–Crippen MR) is 89.4 cm³/mol. The molecule has 22 heavy (non-hydrogen) atoms. The van der Waals surface area contributed by atoms with Gasteiger partial charge < -0.3 is 5.32 Å². The topological polar surface area (TPSA) is 88.2 Å². The van der Waals surface area contributed by atoms with Crippen LogP contribution in [0.3, 0.4) is 0 Å². The fourth-order valence-corrected chi connectivity index (χ4v) is 2.83. The summed E-state index contributed by atoms with van der Waals surface area (Å²) >= 11 is 1.50. The SMILES string of the molecule is Cc1nc(/C=C/C(=O)Nc2ccccc2NS(C)(=O)=O)cs1. The number of aryl methyl sites for hydroxylation is 1. The Balaban J connectivity index is 2.10. The molecule has 0 aliphatic carbocycles. The second-order valence-corrected chi connectivity index (χ2v) is 7.34. The van der Waals surface area contributed by atoms with Crippen molar-refractivity contribution in [2.75, 3.05) is 16.3 Å². The van der Waals surface area contributed by atoms with Crippen LogP contribution in [-0.2, 0) is 14.8 Å². The van der Waals surface area contributed by atoms with E-state index in [1.54, 1.807) is 30.3 Å². The molecule has 0 atom stereocenters. The molecule has 0 aliphatic rings. The van der Waals surface area contributed by atoms with Crippen LogP contribution in [0.1, 0.15) is 10.7 Å². The number of carbonyl (C=O) groups is 1. The summed E-state index contributed by atoms with van der Waals surface area (Å²) in [5.41, 5.74) is 1.41. The van der Waals surface area contributed by atoms with Gasteiger partial charge in [0.15, 0.2) is 0 Å². The molecule has 1 aromatic heterocycles. The van der Waals surface area contributed by atoms with E-state index >= 15 is 0 Å². The number of sulfonamides is 1. The Bertz CT molecular complexity index is 810. The molecule has 6 nitrogen and oxygen atoms in total. The van der Waals surface area contributed by atoms with Gasteiger partial charge in [0.05, 0.1) is 28.3 Å². The molecular formula is C14H15N3O3S2. The van der Waals surface area contributed by atoms with Gasteiger partial charge in [-0.1, -0.05) is 12.1 Å². The van der Waals surface area contributed by atoms with Crippen molar-refractivity contribution < 1.29 is 13.2 Å². The largest absolute Gasteiger partial charge is 0.321 e. The van der Waals surface area contributed by atoms with Crippen LogP contribution in [0.25, 0.3) is 6.08 Å². The second-order valence-electron chi connectivity index (χ2n) is 4.53. The number of nitrogens with one attached hydrogen (secondary N) is 2. The molecule has 2 aromatic rings. The zero-order valence-electron chi connectivity index (χ0n) is 12.0. The number of hydrogen-bond acceptors (Lipinski definition) is 5. The molecule has 0 radical (unpaired) electrons. The van der Waals surface area contributed by atoms with Gasteiger partial charge in [0.1, 0.15) is 0 Å². The molecule has 1 amide bonds. The smallest absolute Gasteiger partial charge is 0.248 e. The van der Waals surface area contributed by atoms with Crippen molar-refractivity contribution in [1.82, 2.24) is 4.98 Å². The van der Waals surface area contributed by atoms with E-state index in [0.717, 1.165) is 11.3 Å². The number of para-hydroxylation sites is 2. The van der Waals surface area contributed by atoms with Crippen LogP contribution in [0.4, 0.5) is 11.4 Å². The Labute approximate surface area is 133 Å². The van der Waals surface area contributed by atoms with Crippen LogP contribution < -0.4 is 10.0 Å². The zero-order chi connectivity index (χ0) is 16.2. The molecule has 1 heterocycles. The van der Waals surface area contributed by atoms with Gasteiger partial charge in [-0.25, -0.2) is 13.4 Å². The lowest BCUT2D eigenvalue weighted by atomic mass is 10.2. The van der Waals surface area contributed by atoms with Crippen LogP contribution >= 0.6 is 11.3 Å². The molecule has 116 valence electrons. The minimum atomic E-state index is -3.42. The standard InChI is InChI=1S/C14H15N3O3S2/c1-10-15-11(9-21-10)7-8-14(18)16-12-5-3-4-6-13(12)17-22(2,19)20/h3-9,17H,1-2H3,(H,16,18)/b8-7+. The monoisotopic (exact) mass is 337 g/mol. The summed E-state index contributed by atoms with van der Waals surface area (Å²) in [5.74, 6) is -0.367. The number of benzene rings is 1. The first-order chi connectivity index (χ1) is 10.3. The van der Waals surface area contributed by atoms with Gasteiger partial charge in [-0.15, -0.1) is 11.3 Å². The Kier molecular flexibility index (Phi) is 4.94. The van der Waals surface area contributed by atoms with Crippen molar-refractivity contribution in [1.29, 1.82) is 0 Å². The molecule has 0 saturated heterocycles. The first-order valence-electron chi connectivity index (χ1n) is 6.31. The van der Waals surface area contributed by atoms with E-state index in [1.807, 2.05) is 12.3 Å². The average Bonchev–Trinajstić information content (AvgIpc) is 2.83. The van der Waals surface area contributed by atoms with E-state index < -0.39 is 10.0 Å². The van der Waals surface area contributed by atoms with E-state index in [4.69, 9.17) is 0 Å². The summed E-state index contributed by atoms with van der Waals surface area (Å²) < 4.78 is 25.0. The van der Waals surface area contributed by atoms with Gasteiger partial charge >= 0.3 is 0 Å². The first kappa shape index (κ1) is 16.2. The molecular weight excluding hydrogens is 322 g/mol. The lowest BCUT2D eigenvalue weighted by Crippen LogP contribution is -2.14. The van der Waals surface area contributed by atoms with E-state index in [0.29, 0.717) is 17.1 Å². The van der Waals surface area contributed by atoms with Crippen molar-refractivity contribution in [3.05, 3.63) is 46.4 Å². The first-order valence-corrected chi connectivity index (χ1v) is 9.08. The quantitative estimate of drug-likeness (QED) is 0.821. The van der Waals surface area contributed by atoms with Gasteiger partial charge in [0.2, 0.25) is 15.9 Å². The van der Waals surface area contributed by atoms with Crippen LogP contribution in [0.15, 0.2) is 35.7 Å². The molecule has 0 fully saturated rings. The Morgan fingerprint density at radius 2 is 1.95 bits per heavy atom. The molecule has 0 spiro atoms. The van der Waals surface area contributed by atoms with Crippen molar-refractivity contribution >= 4 is 44.7 Å². The minimum absolute atomic E-state index is 0.316. The fourth-order valence-electron chi connectivity index (χ4n) is 1.67. The Morgan fingerprint density at radius 3 is 2.55 bits per heavy atom. The number of amides is 1. The molecule has 8 heteroatoms. The summed E-state index contributed by atoms with van der Waals surface area (Å²) in [4.78, 5) is 16.1. The number of anilines is 2. The number of aromatic nitrogens is 1. The molecule has 0 aliphatic heterocycles. The fraction of sp³-hybridized carbons (Fsp3) is 0.143. The normalized spacial score (nSPS) is 11.5. The summed E-state index contributed by atoms with van der Waals surface area (Å²) in [6, 6.07) is 6.57. The molecule has 2 N–H and O–H groups in total. The Morgan fingerprint density at radius 1 is 1.27 bits per heavy atom. The van der Waals surface area contributed by atoms with E-state index in [9.17, 15) is 13.2 Å². The van der Waals surface area contributed by atoms with E-state index in [2.05, 4.69) is 15.0 Å². The number of rotatable bonds is 5. The van der Waals surface area contributed by atoms with E-state index in [1.165, 1.54) is 17.4 Å². The number of carbonyl (C=O) groups excluding carboxylic acids is 1. The molecule has 0 saturated carbocycles. The summed E-state index contributed by atoms with van der Waals surface area (Å²) in [6.07, 6.45) is 4.01. The van der Waals surface area contributed by atoms with Gasteiger partial charge in [-0.2, -0.15) is 0 Å². The van der Waals surface area contributed by atoms with Crippen LogP contribution in [0.2, 0.25) is 0 Å². The maximum atomic E-state index is 11.9. The number of hydrogen-bond donors (Lipinski definition) is 2. The van der Waals surface area contributed by atoms with Gasteiger partial charge in [0, 0.05) is 11.5 Å². The highest BCUT2D eigenvalue weighted by Gasteiger charge is 2.08. The summed E-state index contributed by atoms with van der Waals surface area (Å²) in [6.45, 7) is 1.88. The maximum Gasteiger partial charge on any atom is 0.248 e.